The molecule has 0 radical (unpaired) electrons. The molecule has 62 valence electrons. The van der Waals surface area contributed by atoms with E-state index in [0.717, 1.165) is 0 Å². The Morgan fingerprint density at radius 3 is 2.45 bits per heavy atom. The van der Waals surface area contributed by atoms with Crippen molar-refractivity contribution in [1.29, 1.82) is 0 Å². The van der Waals surface area contributed by atoms with Gasteiger partial charge in [-0.1, -0.05) is 11.1 Å². The zero-order valence-corrected chi connectivity index (χ0v) is 9.69. The standard InChI is InChI=1S/C5H12O4S.Na/c1-8-2-3-9-4-5-10(6)7;/h2-5H2,1H3,(H,6,7);/q;+1/p-1. The average molecular weight is 190 g/mol. The Morgan fingerprint density at radius 1 is 1.36 bits per heavy atom. The van der Waals surface area contributed by atoms with Crippen LogP contribution in [0, 0.1) is 0 Å². The minimum atomic E-state index is -1.99. The maximum absolute atomic E-state index is 9.92. The van der Waals surface area contributed by atoms with Gasteiger partial charge in [0.1, 0.15) is 0 Å². The number of rotatable bonds is 6. The molecule has 0 spiro atoms. The van der Waals surface area contributed by atoms with E-state index in [0.29, 0.717) is 13.2 Å². The van der Waals surface area contributed by atoms with Crippen LogP contribution in [0.5, 0.6) is 0 Å². The quantitative estimate of drug-likeness (QED) is 0.248. The average Bonchev–Trinajstić information content (AvgIpc) is 1.87. The molecule has 4 nitrogen and oxygen atoms in total. The van der Waals surface area contributed by atoms with Gasteiger partial charge in [0.2, 0.25) is 0 Å². The molecule has 0 heterocycles. The minimum Gasteiger partial charge on any atom is -0.772 e. The Labute approximate surface area is 91.2 Å². The Kier molecular flexibility index (Phi) is 14.6. The molecule has 6 heteroatoms. The van der Waals surface area contributed by atoms with Crippen molar-refractivity contribution in [3.63, 3.8) is 0 Å². The van der Waals surface area contributed by atoms with E-state index in [1.54, 1.807) is 7.11 Å². The fraction of sp³-hybridized carbons (Fsp3) is 1.00. The Bertz CT molecular complexity index is 100. The largest absolute Gasteiger partial charge is 1.00 e. The molecule has 0 aromatic rings. The SMILES string of the molecule is COCCOCCS(=O)[O-].[Na+]. The number of hydrogen-bond donors (Lipinski definition) is 0. The normalized spacial score (nSPS) is 12.2. The molecule has 0 fully saturated rings. The van der Waals surface area contributed by atoms with Gasteiger partial charge in [0.25, 0.3) is 0 Å². The van der Waals surface area contributed by atoms with Crippen molar-refractivity contribution in [3.8, 4) is 0 Å². The van der Waals surface area contributed by atoms with Crippen LogP contribution in [0.15, 0.2) is 0 Å². The molecule has 1 unspecified atom stereocenters. The first kappa shape index (κ1) is 14.5. The van der Waals surface area contributed by atoms with Gasteiger partial charge < -0.3 is 14.0 Å². The second-order valence-electron chi connectivity index (χ2n) is 1.61. The summed E-state index contributed by atoms with van der Waals surface area (Å²) >= 11 is -1.99. The van der Waals surface area contributed by atoms with Crippen molar-refractivity contribution < 1.29 is 47.8 Å². The van der Waals surface area contributed by atoms with Crippen LogP contribution in [-0.2, 0) is 20.6 Å². The first-order chi connectivity index (χ1) is 4.77. The van der Waals surface area contributed by atoms with E-state index >= 15 is 0 Å². The van der Waals surface area contributed by atoms with Gasteiger partial charge in [0, 0.05) is 12.9 Å². The van der Waals surface area contributed by atoms with Gasteiger partial charge >= 0.3 is 29.6 Å². The topological polar surface area (TPSA) is 58.6 Å². The molecule has 0 N–H and O–H groups in total. The van der Waals surface area contributed by atoms with E-state index in [2.05, 4.69) is 4.74 Å². The Balaban J connectivity index is 0. The predicted molar refractivity (Wildman–Crippen MR) is 36.5 cm³/mol. The van der Waals surface area contributed by atoms with Crippen molar-refractivity contribution >= 4 is 11.1 Å². The van der Waals surface area contributed by atoms with Gasteiger partial charge in [-0.25, -0.2) is 0 Å². The fourth-order valence-electron chi connectivity index (χ4n) is 0.371. The maximum atomic E-state index is 9.92. The monoisotopic (exact) mass is 190 g/mol. The second kappa shape index (κ2) is 11.0. The van der Waals surface area contributed by atoms with Crippen LogP contribution >= 0.6 is 0 Å². The van der Waals surface area contributed by atoms with Gasteiger partial charge in [-0.15, -0.1) is 0 Å². The maximum Gasteiger partial charge on any atom is 1.00 e. The third-order valence-corrected chi connectivity index (χ3v) is 1.33. The molecule has 0 bridgehead atoms. The number of hydrogen-bond acceptors (Lipinski definition) is 4. The summed E-state index contributed by atoms with van der Waals surface area (Å²) in [5.74, 6) is 0.0592. The summed E-state index contributed by atoms with van der Waals surface area (Å²) in [6, 6.07) is 0. The van der Waals surface area contributed by atoms with Crippen molar-refractivity contribution in [2.24, 2.45) is 0 Å². The summed E-state index contributed by atoms with van der Waals surface area (Å²) in [5, 5.41) is 0. The van der Waals surface area contributed by atoms with Crippen LogP contribution in [-0.4, -0.2) is 41.4 Å². The van der Waals surface area contributed by atoms with Gasteiger partial charge in [-0.3, -0.25) is 4.21 Å². The fourth-order valence-corrected chi connectivity index (χ4v) is 0.625. The van der Waals surface area contributed by atoms with Gasteiger partial charge in [0.05, 0.1) is 19.8 Å². The molecule has 0 amide bonds. The first-order valence-corrected chi connectivity index (χ1v) is 4.14. The van der Waals surface area contributed by atoms with Crippen LogP contribution < -0.4 is 29.6 Å². The zero-order chi connectivity index (χ0) is 7.82. The summed E-state index contributed by atoms with van der Waals surface area (Å²) in [6.45, 7) is 1.21. The van der Waals surface area contributed by atoms with Crippen LogP contribution in [0.25, 0.3) is 0 Å². The van der Waals surface area contributed by atoms with Crippen molar-refractivity contribution in [3.05, 3.63) is 0 Å². The number of ether oxygens (including phenoxy) is 2. The van der Waals surface area contributed by atoms with Crippen molar-refractivity contribution in [2.45, 2.75) is 0 Å². The van der Waals surface area contributed by atoms with Gasteiger partial charge in [-0.2, -0.15) is 0 Å². The van der Waals surface area contributed by atoms with Crippen LogP contribution in [0.3, 0.4) is 0 Å². The zero-order valence-electron chi connectivity index (χ0n) is 6.87. The smallest absolute Gasteiger partial charge is 0.772 e. The molecule has 0 rings (SSSR count). The molecular formula is C5H11NaO4S. The molecule has 0 aliphatic carbocycles. The molecule has 0 saturated carbocycles. The molecule has 0 aliphatic heterocycles. The van der Waals surface area contributed by atoms with E-state index in [1.165, 1.54) is 0 Å². The van der Waals surface area contributed by atoms with Crippen LogP contribution in [0.1, 0.15) is 0 Å². The third kappa shape index (κ3) is 13.9. The summed E-state index contributed by atoms with van der Waals surface area (Å²) in [5.41, 5.74) is 0. The van der Waals surface area contributed by atoms with E-state index in [4.69, 9.17) is 4.74 Å². The van der Waals surface area contributed by atoms with E-state index in [-0.39, 0.29) is 41.9 Å². The second-order valence-corrected chi connectivity index (χ2v) is 2.63. The molecule has 0 aromatic heterocycles. The molecule has 1 atom stereocenters. The van der Waals surface area contributed by atoms with Gasteiger partial charge in [0.15, 0.2) is 0 Å². The van der Waals surface area contributed by atoms with Crippen LogP contribution in [0.4, 0.5) is 0 Å². The molecule has 0 saturated heterocycles. The Morgan fingerprint density at radius 2 is 2.00 bits per heavy atom. The minimum absolute atomic E-state index is 0. The molecule has 11 heavy (non-hydrogen) atoms. The van der Waals surface area contributed by atoms with Crippen molar-refractivity contribution in [1.82, 2.24) is 0 Å². The van der Waals surface area contributed by atoms with Gasteiger partial charge in [-0.05, 0) is 0 Å². The predicted octanol–water partition coefficient (Wildman–Crippen LogP) is -3.47. The van der Waals surface area contributed by atoms with E-state index < -0.39 is 11.1 Å². The first-order valence-electron chi connectivity index (χ1n) is 2.90. The molecule has 0 aliphatic rings. The van der Waals surface area contributed by atoms with E-state index in [9.17, 15) is 8.76 Å². The Hall–Kier alpha value is 1.03. The number of methoxy groups -OCH3 is 1. The van der Waals surface area contributed by atoms with Crippen molar-refractivity contribution in [2.75, 3.05) is 32.7 Å². The van der Waals surface area contributed by atoms with E-state index in [1.807, 2.05) is 0 Å². The summed E-state index contributed by atoms with van der Waals surface area (Å²) < 4.78 is 29.4. The summed E-state index contributed by atoms with van der Waals surface area (Å²) in [7, 11) is 1.56. The molecular weight excluding hydrogens is 179 g/mol. The molecule has 0 aromatic carbocycles. The third-order valence-electron chi connectivity index (χ3n) is 0.826. The summed E-state index contributed by atoms with van der Waals surface area (Å²) in [4.78, 5) is 0. The summed E-state index contributed by atoms with van der Waals surface area (Å²) in [6.07, 6.45) is 0. The van der Waals surface area contributed by atoms with Crippen LogP contribution in [0.2, 0.25) is 0 Å².